The number of hydrogen-bond donors (Lipinski definition) is 1. The van der Waals surface area contributed by atoms with Crippen LogP contribution >= 0.6 is 22.9 Å². The van der Waals surface area contributed by atoms with Gasteiger partial charge in [-0.05, 0) is 38.0 Å². The van der Waals surface area contributed by atoms with Crippen molar-refractivity contribution in [1.82, 2.24) is 14.6 Å². The van der Waals surface area contributed by atoms with Crippen LogP contribution in [0, 0.1) is 12.8 Å². The van der Waals surface area contributed by atoms with E-state index in [1.165, 1.54) is 10.4 Å². The summed E-state index contributed by atoms with van der Waals surface area (Å²) in [5.41, 5.74) is 0.986. The summed E-state index contributed by atoms with van der Waals surface area (Å²) >= 11 is 7.51. The molecular formula is C18H22ClN3O3S2. The maximum absolute atomic E-state index is 12.7. The van der Waals surface area contributed by atoms with Crippen molar-refractivity contribution in [3.63, 3.8) is 0 Å². The minimum absolute atomic E-state index is 0.0123. The molecule has 0 spiro atoms. The second-order valence-corrected chi connectivity index (χ2v) is 9.97. The van der Waals surface area contributed by atoms with E-state index >= 15 is 0 Å². The lowest BCUT2D eigenvalue weighted by molar-refractivity contribution is -0.126. The molecule has 1 saturated heterocycles. The minimum atomic E-state index is -3.57. The van der Waals surface area contributed by atoms with Crippen LogP contribution < -0.4 is 5.32 Å². The molecule has 6 nitrogen and oxygen atoms in total. The number of aromatic nitrogens is 1. The lowest BCUT2D eigenvalue weighted by atomic mass is 9.97. The molecule has 0 radical (unpaired) electrons. The highest BCUT2D eigenvalue weighted by molar-refractivity contribution is 7.89. The number of nitrogens with zero attached hydrogens (tertiary/aromatic N) is 2. The lowest BCUT2D eigenvalue weighted by Gasteiger charge is -2.30. The Morgan fingerprint density at radius 2 is 2.11 bits per heavy atom. The van der Waals surface area contributed by atoms with E-state index in [9.17, 15) is 13.2 Å². The summed E-state index contributed by atoms with van der Waals surface area (Å²) in [6.45, 7) is 3.16. The van der Waals surface area contributed by atoms with E-state index in [1.807, 2.05) is 12.3 Å². The van der Waals surface area contributed by atoms with Crippen molar-refractivity contribution in [2.45, 2.75) is 31.1 Å². The molecular weight excluding hydrogens is 406 g/mol. The number of piperidine rings is 1. The average Bonchev–Trinajstić information content (AvgIpc) is 3.07. The van der Waals surface area contributed by atoms with Gasteiger partial charge in [-0.25, -0.2) is 13.4 Å². The Morgan fingerprint density at radius 3 is 2.74 bits per heavy atom. The van der Waals surface area contributed by atoms with Gasteiger partial charge in [-0.2, -0.15) is 4.31 Å². The molecule has 2 heterocycles. The molecule has 1 aromatic heterocycles. The Balaban J connectivity index is 1.50. The molecule has 1 aromatic carbocycles. The van der Waals surface area contributed by atoms with Gasteiger partial charge in [0.05, 0.1) is 15.6 Å². The summed E-state index contributed by atoms with van der Waals surface area (Å²) in [6, 6.07) is 6.26. The van der Waals surface area contributed by atoms with Gasteiger partial charge in [-0.3, -0.25) is 4.79 Å². The number of aryl methyl sites for hydroxylation is 1. The number of carbonyl (C=O) groups excluding carboxylic acids is 1. The van der Waals surface area contributed by atoms with E-state index in [0.717, 1.165) is 10.7 Å². The first kappa shape index (κ1) is 20.3. The fourth-order valence-corrected chi connectivity index (χ4v) is 5.53. The SMILES string of the molecule is Cc1nc(CCNC(=O)C2CCN(S(=O)(=O)c3cccc(Cl)c3)CC2)cs1. The number of carbonyl (C=O) groups is 1. The van der Waals surface area contributed by atoms with Crippen molar-refractivity contribution in [2.75, 3.05) is 19.6 Å². The summed E-state index contributed by atoms with van der Waals surface area (Å²) in [5.74, 6) is -0.172. The molecule has 0 unspecified atom stereocenters. The fraction of sp³-hybridized carbons (Fsp3) is 0.444. The number of amides is 1. The number of nitrogens with one attached hydrogen (secondary N) is 1. The quantitative estimate of drug-likeness (QED) is 0.768. The minimum Gasteiger partial charge on any atom is -0.355 e. The zero-order valence-corrected chi connectivity index (χ0v) is 17.4. The summed E-state index contributed by atoms with van der Waals surface area (Å²) in [6.07, 6.45) is 1.74. The Labute approximate surface area is 168 Å². The Kier molecular flexibility index (Phi) is 6.52. The normalized spacial score (nSPS) is 16.4. The highest BCUT2D eigenvalue weighted by Crippen LogP contribution is 2.25. The van der Waals surface area contributed by atoms with Crippen LogP contribution in [0.3, 0.4) is 0 Å². The predicted molar refractivity (Wildman–Crippen MR) is 106 cm³/mol. The number of thiazole rings is 1. The van der Waals surface area contributed by atoms with Gasteiger partial charge in [0, 0.05) is 42.4 Å². The van der Waals surface area contributed by atoms with Crippen LogP contribution in [0.4, 0.5) is 0 Å². The first-order chi connectivity index (χ1) is 12.9. The number of halogens is 1. The van der Waals surface area contributed by atoms with Gasteiger partial charge in [0.25, 0.3) is 0 Å². The summed E-state index contributed by atoms with van der Waals surface area (Å²) in [4.78, 5) is 16.9. The van der Waals surface area contributed by atoms with Gasteiger partial charge in [-0.15, -0.1) is 11.3 Å². The fourth-order valence-electron chi connectivity index (χ4n) is 3.12. The second kappa shape index (κ2) is 8.68. The molecule has 1 aliphatic heterocycles. The average molecular weight is 428 g/mol. The van der Waals surface area contributed by atoms with Crippen molar-refractivity contribution in [1.29, 1.82) is 0 Å². The molecule has 1 fully saturated rings. The van der Waals surface area contributed by atoms with Crippen LogP contribution in [0.5, 0.6) is 0 Å². The van der Waals surface area contributed by atoms with Crippen LogP contribution in [0.1, 0.15) is 23.5 Å². The van der Waals surface area contributed by atoms with Crippen molar-refractivity contribution in [3.05, 3.63) is 45.4 Å². The second-order valence-electron chi connectivity index (χ2n) is 6.53. The van der Waals surface area contributed by atoms with Crippen LogP contribution in [0.15, 0.2) is 34.5 Å². The Bertz CT molecular complexity index is 906. The zero-order chi connectivity index (χ0) is 19.4. The van der Waals surface area contributed by atoms with E-state index < -0.39 is 10.0 Å². The first-order valence-corrected chi connectivity index (χ1v) is 11.5. The number of hydrogen-bond acceptors (Lipinski definition) is 5. The predicted octanol–water partition coefficient (Wildman–Crippen LogP) is 2.86. The van der Waals surface area contributed by atoms with E-state index in [2.05, 4.69) is 10.3 Å². The summed E-state index contributed by atoms with van der Waals surface area (Å²) in [7, 11) is -3.57. The third kappa shape index (κ3) is 5.07. The van der Waals surface area contributed by atoms with Gasteiger partial charge in [0.15, 0.2) is 0 Å². The molecule has 9 heteroatoms. The lowest BCUT2D eigenvalue weighted by Crippen LogP contribution is -2.43. The summed E-state index contributed by atoms with van der Waals surface area (Å²) < 4.78 is 26.8. The number of benzene rings is 1. The molecule has 1 N–H and O–H groups in total. The van der Waals surface area contributed by atoms with E-state index in [0.29, 0.717) is 43.9 Å². The van der Waals surface area contributed by atoms with Crippen LogP contribution in [-0.4, -0.2) is 43.2 Å². The van der Waals surface area contributed by atoms with Gasteiger partial charge >= 0.3 is 0 Å². The molecule has 0 saturated carbocycles. The molecule has 3 rings (SSSR count). The largest absolute Gasteiger partial charge is 0.355 e. The van der Waals surface area contributed by atoms with Gasteiger partial charge in [0.1, 0.15) is 0 Å². The highest BCUT2D eigenvalue weighted by atomic mass is 35.5. The third-order valence-corrected chi connectivity index (χ3v) is 7.56. The maximum atomic E-state index is 12.7. The number of sulfonamides is 1. The summed E-state index contributed by atoms with van der Waals surface area (Å²) in [5, 5.41) is 6.35. The Morgan fingerprint density at radius 1 is 1.37 bits per heavy atom. The molecule has 0 bridgehead atoms. The molecule has 27 heavy (non-hydrogen) atoms. The maximum Gasteiger partial charge on any atom is 0.243 e. The third-order valence-electron chi connectivity index (χ3n) is 4.61. The molecule has 1 amide bonds. The molecule has 0 aliphatic carbocycles. The van der Waals surface area contributed by atoms with Crippen molar-refractivity contribution in [3.8, 4) is 0 Å². The molecule has 2 aromatic rings. The van der Waals surface area contributed by atoms with Crippen molar-refractivity contribution >= 4 is 38.9 Å². The first-order valence-electron chi connectivity index (χ1n) is 8.80. The molecule has 146 valence electrons. The van der Waals surface area contributed by atoms with Gasteiger partial charge in [-0.1, -0.05) is 17.7 Å². The van der Waals surface area contributed by atoms with E-state index in [-0.39, 0.29) is 16.7 Å². The monoisotopic (exact) mass is 427 g/mol. The topological polar surface area (TPSA) is 79.4 Å². The van der Waals surface area contributed by atoms with Crippen molar-refractivity contribution in [2.24, 2.45) is 5.92 Å². The molecule has 1 aliphatic rings. The van der Waals surface area contributed by atoms with Crippen LogP contribution in [-0.2, 0) is 21.2 Å². The van der Waals surface area contributed by atoms with Crippen LogP contribution in [0.2, 0.25) is 5.02 Å². The van der Waals surface area contributed by atoms with E-state index in [4.69, 9.17) is 11.6 Å². The molecule has 0 atom stereocenters. The van der Waals surface area contributed by atoms with Gasteiger partial charge < -0.3 is 5.32 Å². The van der Waals surface area contributed by atoms with E-state index in [1.54, 1.807) is 29.5 Å². The van der Waals surface area contributed by atoms with Crippen LogP contribution in [0.25, 0.3) is 0 Å². The Hall–Kier alpha value is -1.48. The van der Waals surface area contributed by atoms with Crippen molar-refractivity contribution < 1.29 is 13.2 Å². The zero-order valence-electron chi connectivity index (χ0n) is 15.0. The number of rotatable bonds is 6. The highest BCUT2D eigenvalue weighted by Gasteiger charge is 2.32. The van der Waals surface area contributed by atoms with Gasteiger partial charge in [0.2, 0.25) is 15.9 Å². The standard InChI is InChI=1S/C18H22ClN3O3S2/c1-13-21-16(12-26-13)5-8-20-18(23)14-6-9-22(10-7-14)27(24,25)17-4-2-3-15(19)11-17/h2-4,11-12,14H,5-10H2,1H3,(H,20,23). The smallest absolute Gasteiger partial charge is 0.243 e.